The molecule has 2 atom stereocenters. The van der Waals surface area contributed by atoms with Crippen molar-refractivity contribution in [2.45, 2.75) is 38.6 Å². The number of benzene rings is 1. The summed E-state index contributed by atoms with van der Waals surface area (Å²) in [5.41, 5.74) is 0.354. The van der Waals surface area contributed by atoms with Crippen LogP contribution < -0.4 is 45.4 Å². The molecule has 3 N–H and O–H groups in total. The van der Waals surface area contributed by atoms with Crippen LogP contribution in [-0.4, -0.2) is 97.0 Å². The third-order valence-corrected chi connectivity index (χ3v) is 9.01. The molecule has 2 aliphatic heterocycles. The maximum Gasteiger partial charge on any atom is 1.00 e. The maximum atomic E-state index is 13.1. The monoisotopic (exact) mass is 563 g/mol. The number of imide groups is 1. The second-order valence-electron chi connectivity index (χ2n) is 9.50. The van der Waals surface area contributed by atoms with Crippen LogP contribution in [0.3, 0.4) is 0 Å². The van der Waals surface area contributed by atoms with Crippen LogP contribution in [0.15, 0.2) is 24.3 Å². The molecule has 198 valence electrons. The molecule has 6 amide bonds. The number of piperazine rings is 1. The summed E-state index contributed by atoms with van der Waals surface area (Å²) >= 11 is 0. The van der Waals surface area contributed by atoms with Crippen molar-refractivity contribution < 1.29 is 67.9 Å². The summed E-state index contributed by atoms with van der Waals surface area (Å²) in [6.45, 7) is 8.04. The quantitative estimate of drug-likeness (QED) is 0.130. The minimum atomic E-state index is -4.74. The minimum Gasteiger partial charge on any atom is -1.00 e. The number of β-lactam (4-membered cyclic amide) rings is 1. The van der Waals surface area contributed by atoms with Crippen molar-refractivity contribution >= 4 is 53.2 Å². The minimum absolute atomic E-state index is 0. The summed E-state index contributed by atoms with van der Waals surface area (Å²) in [6, 6.07) is 3.41. The van der Waals surface area contributed by atoms with Crippen molar-refractivity contribution in [1.82, 2.24) is 24.7 Å². The van der Waals surface area contributed by atoms with Gasteiger partial charge in [-0.15, -0.1) is 0 Å². The molecule has 16 heteroatoms. The molecule has 37 heavy (non-hydrogen) atoms. The Kier molecular flexibility index (Phi) is 9.70. The molecule has 0 bridgehead atoms. The van der Waals surface area contributed by atoms with Crippen LogP contribution in [0.2, 0.25) is 19.6 Å². The fraction of sp³-hybridized carbons (Fsp3) is 0.476. The summed E-state index contributed by atoms with van der Waals surface area (Å²) < 4.78 is 31.6. The van der Waals surface area contributed by atoms with Gasteiger partial charge in [0, 0.05) is 19.6 Å². The topological polar surface area (TPSA) is 173 Å². The normalized spacial score (nSPS) is 19.1. The molecule has 2 saturated heterocycles. The van der Waals surface area contributed by atoms with Crippen LogP contribution in [0.5, 0.6) is 0 Å². The van der Waals surface area contributed by atoms with Crippen molar-refractivity contribution in [2.24, 2.45) is 0 Å². The predicted octanol–water partition coefficient (Wildman–Crippen LogP) is -4.08. The fourth-order valence-electron chi connectivity index (χ4n) is 3.81. The summed E-state index contributed by atoms with van der Waals surface area (Å²) in [6.07, 6.45) is 0. The largest absolute Gasteiger partial charge is 1.00 e. The van der Waals surface area contributed by atoms with Crippen molar-refractivity contribution in [3.63, 3.8) is 0 Å². The fourth-order valence-corrected chi connectivity index (χ4v) is 5.67. The van der Waals surface area contributed by atoms with Gasteiger partial charge in [0.1, 0.15) is 12.1 Å². The average molecular weight is 564 g/mol. The van der Waals surface area contributed by atoms with Crippen LogP contribution in [0.4, 0.5) is 4.79 Å². The Bertz CT molecular complexity index is 1210. The Labute approximate surface area is 239 Å². The second-order valence-corrected chi connectivity index (χ2v) is 15.9. The first-order valence-corrected chi connectivity index (χ1v) is 16.2. The summed E-state index contributed by atoms with van der Waals surface area (Å²) in [5.74, 6) is -3.71. The van der Waals surface area contributed by atoms with Gasteiger partial charge in [0.2, 0.25) is 5.91 Å². The summed E-state index contributed by atoms with van der Waals surface area (Å²) in [4.78, 5) is 64.8. The number of rotatable bonds is 7. The summed E-state index contributed by atoms with van der Waals surface area (Å²) in [7, 11) is -6.42. The Morgan fingerprint density at radius 2 is 1.70 bits per heavy atom. The Hall–Kier alpha value is -2.30. The molecule has 3 rings (SSSR count). The van der Waals surface area contributed by atoms with E-state index in [4.69, 9.17) is 4.55 Å². The second kappa shape index (κ2) is 11.6. The van der Waals surface area contributed by atoms with Gasteiger partial charge in [-0.05, 0) is 12.5 Å². The van der Waals surface area contributed by atoms with Crippen molar-refractivity contribution in [3.05, 3.63) is 29.8 Å². The number of likely N-dealkylation sites (N-methyl/N-ethyl adjacent to an activating group) is 1. The van der Waals surface area contributed by atoms with Crippen molar-refractivity contribution in [3.8, 4) is 0 Å². The van der Waals surface area contributed by atoms with Crippen molar-refractivity contribution in [1.29, 1.82) is 0 Å². The van der Waals surface area contributed by atoms with Gasteiger partial charge >= 0.3 is 57.7 Å². The standard InChI is InChI=1S/C21H29N5O8SSi.Na.H/c1-5-24-10-11-25(20(30)19(24)29)21(31)23-16(13-6-8-14(9-7-13)36(2,3)4)17(27)22-15-12-26(18(15)28)35(32,33)34;;/h6-9,15-16H,5,10-12H2,1-4H3,(H,22,27)(H,23,31)(H,32,33,34);;/q;+1;-1. The van der Waals surface area contributed by atoms with E-state index < -0.39 is 66.7 Å². The number of carbonyl (C=O) groups is 5. The van der Waals surface area contributed by atoms with E-state index in [1.54, 1.807) is 19.1 Å². The predicted molar refractivity (Wildman–Crippen MR) is 131 cm³/mol. The van der Waals surface area contributed by atoms with E-state index in [1.807, 2.05) is 12.1 Å². The van der Waals surface area contributed by atoms with E-state index in [1.165, 1.54) is 4.90 Å². The number of carbonyl (C=O) groups excluding carboxylic acids is 5. The molecular formula is C21H30N5NaO8SSi. The molecule has 0 radical (unpaired) electrons. The first-order valence-electron chi connectivity index (χ1n) is 11.3. The molecule has 0 saturated carbocycles. The molecule has 2 unspecified atom stereocenters. The number of amides is 6. The van der Waals surface area contributed by atoms with Crippen LogP contribution in [0.1, 0.15) is 20.0 Å². The molecule has 0 spiro atoms. The molecule has 2 fully saturated rings. The van der Waals surface area contributed by atoms with E-state index >= 15 is 0 Å². The number of nitrogens with zero attached hydrogens (tertiary/aromatic N) is 3. The van der Waals surface area contributed by atoms with Gasteiger partial charge < -0.3 is 17.0 Å². The SMILES string of the molecule is CCN1CCN(C(=O)NC(C(=O)NC2CN(S(=O)(=O)O)C2=O)c2ccc([Si](C)(C)C)cc2)C(=O)C1=O.[H-].[Na+]. The first kappa shape index (κ1) is 30.9. The van der Waals surface area contributed by atoms with E-state index in [9.17, 15) is 32.4 Å². The van der Waals surface area contributed by atoms with Crippen LogP contribution in [0.25, 0.3) is 0 Å². The molecular weight excluding hydrogens is 533 g/mol. The number of hydrogen-bond acceptors (Lipinski definition) is 7. The van der Waals surface area contributed by atoms with Gasteiger partial charge in [-0.1, -0.05) is 49.1 Å². The molecule has 2 heterocycles. The number of urea groups is 1. The van der Waals surface area contributed by atoms with Gasteiger partial charge in [0.25, 0.3) is 5.91 Å². The molecule has 13 nitrogen and oxygen atoms in total. The Morgan fingerprint density at radius 3 is 2.19 bits per heavy atom. The summed E-state index contributed by atoms with van der Waals surface area (Å²) in [5, 5.41) is 5.91. The molecule has 0 aromatic heterocycles. The average Bonchev–Trinajstić information content (AvgIpc) is 2.79. The van der Waals surface area contributed by atoms with E-state index in [-0.39, 0.29) is 48.4 Å². The van der Waals surface area contributed by atoms with Gasteiger partial charge in [0.15, 0.2) is 0 Å². The van der Waals surface area contributed by atoms with Crippen LogP contribution in [0, 0.1) is 0 Å². The van der Waals surface area contributed by atoms with Crippen molar-refractivity contribution in [2.75, 3.05) is 26.2 Å². The van der Waals surface area contributed by atoms with E-state index in [0.29, 0.717) is 12.1 Å². The molecule has 0 aliphatic carbocycles. The Morgan fingerprint density at radius 1 is 1.11 bits per heavy atom. The Balaban J connectivity index is 0.00000361. The van der Waals surface area contributed by atoms with Crippen LogP contribution in [-0.2, 0) is 29.5 Å². The number of nitrogens with one attached hydrogen (secondary N) is 2. The molecule has 2 aliphatic rings. The van der Waals surface area contributed by atoms with Gasteiger partial charge in [-0.25, -0.2) is 9.10 Å². The number of hydrogen-bond donors (Lipinski definition) is 3. The van der Waals surface area contributed by atoms with Gasteiger partial charge in [-0.3, -0.25) is 28.6 Å². The third-order valence-electron chi connectivity index (χ3n) is 6.06. The molecule has 1 aromatic carbocycles. The third kappa shape index (κ3) is 6.77. The molecule has 1 aromatic rings. The van der Waals surface area contributed by atoms with Gasteiger partial charge in [0.05, 0.1) is 14.6 Å². The zero-order valence-corrected chi connectivity index (χ0v) is 25.2. The zero-order valence-electron chi connectivity index (χ0n) is 22.3. The van der Waals surface area contributed by atoms with E-state index in [0.717, 1.165) is 10.1 Å². The van der Waals surface area contributed by atoms with Crippen LogP contribution >= 0.6 is 0 Å². The first-order chi connectivity index (χ1) is 16.6. The smallest absolute Gasteiger partial charge is 1.00 e. The van der Waals surface area contributed by atoms with Gasteiger partial charge in [-0.2, -0.15) is 8.42 Å². The maximum absolute atomic E-state index is 13.1. The van der Waals surface area contributed by atoms with E-state index in [2.05, 4.69) is 30.3 Å². The zero-order chi connectivity index (χ0) is 27.0.